The maximum absolute atomic E-state index is 15.3. The van der Waals surface area contributed by atoms with Crippen molar-refractivity contribution in [2.24, 2.45) is 11.8 Å². The molecule has 1 saturated heterocycles. The lowest BCUT2D eigenvalue weighted by molar-refractivity contribution is -0.157. The van der Waals surface area contributed by atoms with Crippen molar-refractivity contribution in [3.63, 3.8) is 0 Å². The number of halogens is 3. The molecule has 2 aliphatic heterocycles. The summed E-state index contributed by atoms with van der Waals surface area (Å²) < 4.78 is 55.4. The summed E-state index contributed by atoms with van der Waals surface area (Å²) in [5, 5.41) is 17.6. The number of hydrogen-bond donors (Lipinski definition) is 3. The molecule has 6 nitrogen and oxygen atoms in total. The minimum atomic E-state index is -3.69. The molecule has 3 N–H and O–H groups in total. The second-order valence-electron chi connectivity index (χ2n) is 9.71. The number of fused-ring (bicyclic) bond motifs is 2. The van der Waals surface area contributed by atoms with Crippen LogP contribution in [0.25, 0.3) is 0 Å². The van der Waals surface area contributed by atoms with E-state index in [1.165, 1.54) is 18.2 Å². The molecule has 0 bridgehead atoms. The van der Waals surface area contributed by atoms with E-state index in [0.717, 1.165) is 0 Å². The molecule has 35 heavy (non-hydrogen) atoms. The highest BCUT2D eigenvalue weighted by Gasteiger charge is 2.52. The molecule has 2 aromatic rings. The van der Waals surface area contributed by atoms with Crippen LogP contribution in [0.4, 0.5) is 13.2 Å². The Morgan fingerprint density at radius 1 is 1.09 bits per heavy atom. The average Bonchev–Trinajstić information content (AvgIpc) is 3.53. The average molecular weight is 491 g/mol. The Morgan fingerprint density at radius 3 is 2.57 bits per heavy atom. The first kappa shape index (κ1) is 23.9. The fraction of sp³-hybridized carbons (Fsp3) is 0.500. The number of ether oxygens (including phenoxy) is 2. The van der Waals surface area contributed by atoms with Gasteiger partial charge in [0.1, 0.15) is 24.6 Å². The van der Waals surface area contributed by atoms with E-state index in [1.54, 1.807) is 25.1 Å². The van der Waals surface area contributed by atoms with Gasteiger partial charge >= 0.3 is 5.92 Å². The van der Waals surface area contributed by atoms with Crippen LogP contribution in [-0.2, 0) is 23.2 Å². The molecule has 0 radical (unpaired) electrons. The van der Waals surface area contributed by atoms with Crippen molar-refractivity contribution in [3.8, 4) is 11.5 Å². The van der Waals surface area contributed by atoms with Crippen LogP contribution in [0.3, 0.4) is 0 Å². The summed E-state index contributed by atoms with van der Waals surface area (Å²) in [6.45, 7) is 3.48. The Hall–Kier alpha value is -2.78. The Labute approximate surface area is 201 Å². The van der Waals surface area contributed by atoms with E-state index in [-0.39, 0.29) is 18.8 Å². The zero-order valence-electron chi connectivity index (χ0n) is 19.5. The maximum atomic E-state index is 15.3. The zero-order valence-corrected chi connectivity index (χ0v) is 19.5. The van der Waals surface area contributed by atoms with Crippen LogP contribution in [0.15, 0.2) is 36.4 Å². The van der Waals surface area contributed by atoms with E-state index in [9.17, 15) is 14.3 Å². The number of carbonyl (C=O) groups is 1. The summed E-state index contributed by atoms with van der Waals surface area (Å²) in [5.74, 6) is -6.18. The number of alkyl halides is 2. The molecular weight excluding hydrogens is 461 g/mol. The third-order valence-corrected chi connectivity index (χ3v) is 7.61. The molecule has 0 spiro atoms. The highest BCUT2D eigenvalue weighted by atomic mass is 19.3. The second-order valence-corrected chi connectivity index (χ2v) is 9.71. The van der Waals surface area contributed by atoms with Crippen LogP contribution < -0.4 is 20.1 Å². The first-order valence-corrected chi connectivity index (χ1v) is 12.0. The Kier molecular flexibility index (Phi) is 6.17. The third kappa shape index (κ3) is 4.25. The molecule has 2 unspecified atom stereocenters. The van der Waals surface area contributed by atoms with Gasteiger partial charge in [0.2, 0.25) is 0 Å². The van der Waals surface area contributed by atoms with Gasteiger partial charge in [-0.2, -0.15) is 8.78 Å². The fourth-order valence-corrected chi connectivity index (χ4v) is 5.59. The van der Waals surface area contributed by atoms with Crippen molar-refractivity contribution in [2.45, 2.75) is 43.8 Å². The van der Waals surface area contributed by atoms with Gasteiger partial charge < -0.3 is 25.2 Å². The number of benzene rings is 2. The van der Waals surface area contributed by atoms with Gasteiger partial charge in [0.25, 0.3) is 5.91 Å². The zero-order chi connectivity index (χ0) is 24.8. The second kappa shape index (κ2) is 9.02. The first-order valence-electron chi connectivity index (χ1n) is 12.0. The standard InChI is InChI=1S/C26H29F3N2O4/c1-15(31-24(32)26(28,29)20-10-16-2-4-21(27)12-17(16)11-20)25(33,19-6-7-30-14-19)18-3-5-22-23(13-18)35-9-8-34-22/h2-5,12-13,15,19-20,30,33H,6-11,14H2,1H3,(H,31,32)/t15-,19?,20?,25+/m1/s1. The van der Waals surface area contributed by atoms with Gasteiger partial charge in [-0.25, -0.2) is 4.39 Å². The maximum Gasteiger partial charge on any atom is 0.327 e. The minimum absolute atomic E-state index is 0.0105. The monoisotopic (exact) mass is 490 g/mol. The smallest absolute Gasteiger partial charge is 0.327 e. The summed E-state index contributed by atoms with van der Waals surface area (Å²) >= 11 is 0. The van der Waals surface area contributed by atoms with Crippen LogP contribution in [0.2, 0.25) is 0 Å². The Balaban J connectivity index is 1.38. The van der Waals surface area contributed by atoms with E-state index in [2.05, 4.69) is 10.6 Å². The molecule has 1 amide bonds. The lowest BCUT2D eigenvalue weighted by Crippen LogP contribution is -2.57. The van der Waals surface area contributed by atoms with E-state index < -0.39 is 35.2 Å². The lowest BCUT2D eigenvalue weighted by atomic mass is 9.75. The predicted molar refractivity (Wildman–Crippen MR) is 122 cm³/mol. The number of carbonyl (C=O) groups excluding carboxylic acids is 1. The molecule has 0 aromatic heterocycles. The number of rotatable bonds is 6. The SMILES string of the molecule is C[C@@H](NC(=O)C(F)(F)C1Cc2ccc(F)cc2C1)[C@](O)(c1ccc2c(c1)OCCO2)C1CCNC1. The highest BCUT2D eigenvalue weighted by molar-refractivity contribution is 5.84. The Morgan fingerprint density at radius 2 is 1.83 bits per heavy atom. The normalized spacial score (nSPS) is 23.9. The van der Waals surface area contributed by atoms with Gasteiger partial charge in [0.05, 0.1) is 6.04 Å². The summed E-state index contributed by atoms with van der Waals surface area (Å²) in [5.41, 5.74) is -0.0234. The predicted octanol–water partition coefficient (Wildman–Crippen LogP) is 2.95. The molecule has 2 heterocycles. The summed E-state index contributed by atoms with van der Waals surface area (Å²) in [6, 6.07) is 8.01. The topological polar surface area (TPSA) is 79.8 Å². The summed E-state index contributed by atoms with van der Waals surface area (Å²) in [7, 11) is 0. The summed E-state index contributed by atoms with van der Waals surface area (Å²) in [6.07, 6.45) is 0.523. The van der Waals surface area contributed by atoms with Crippen molar-refractivity contribution in [1.29, 1.82) is 0 Å². The van der Waals surface area contributed by atoms with Crippen molar-refractivity contribution in [1.82, 2.24) is 10.6 Å². The van der Waals surface area contributed by atoms with Gasteiger partial charge in [-0.3, -0.25) is 4.79 Å². The minimum Gasteiger partial charge on any atom is -0.486 e. The third-order valence-electron chi connectivity index (χ3n) is 7.61. The van der Waals surface area contributed by atoms with E-state index >= 15 is 8.78 Å². The van der Waals surface area contributed by atoms with Gasteiger partial charge in [-0.1, -0.05) is 12.1 Å². The molecule has 1 aliphatic carbocycles. The molecule has 5 rings (SSSR count). The lowest BCUT2D eigenvalue weighted by Gasteiger charge is -2.41. The highest BCUT2D eigenvalue weighted by Crippen LogP contribution is 2.42. The van der Waals surface area contributed by atoms with Gasteiger partial charge in [-0.15, -0.1) is 0 Å². The molecule has 2 aromatic carbocycles. The van der Waals surface area contributed by atoms with E-state index in [0.29, 0.717) is 60.9 Å². The van der Waals surface area contributed by atoms with Crippen LogP contribution >= 0.6 is 0 Å². The molecule has 4 atom stereocenters. The number of aliphatic hydroxyl groups is 1. The number of nitrogens with one attached hydrogen (secondary N) is 2. The molecule has 9 heteroatoms. The molecule has 188 valence electrons. The van der Waals surface area contributed by atoms with Crippen molar-refractivity contribution in [3.05, 3.63) is 58.9 Å². The van der Waals surface area contributed by atoms with Crippen molar-refractivity contribution < 1.29 is 32.5 Å². The van der Waals surface area contributed by atoms with Gasteiger partial charge in [-0.05, 0) is 73.7 Å². The van der Waals surface area contributed by atoms with Crippen LogP contribution in [0.1, 0.15) is 30.0 Å². The van der Waals surface area contributed by atoms with E-state index in [1.807, 2.05) is 0 Å². The number of amides is 1. The van der Waals surface area contributed by atoms with Crippen LogP contribution in [0, 0.1) is 17.7 Å². The fourth-order valence-electron chi connectivity index (χ4n) is 5.59. The largest absolute Gasteiger partial charge is 0.486 e. The Bertz CT molecular complexity index is 1120. The summed E-state index contributed by atoms with van der Waals surface area (Å²) in [4.78, 5) is 12.9. The molecule has 0 saturated carbocycles. The van der Waals surface area contributed by atoms with Crippen LogP contribution in [-0.4, -0.2) is 49.3 Å². The molecule has 1 fully saturated rings. The first-order chi connectivity index (χ1) is 16.7. The molecule has 3 aliphatic rings. The van der Waals surface area contributed by atoms with Gasteiger partial charge in [0.15, 0.2) is 11.5 Å². The van der Waals surface area contributed by atoms with E-state index in [4.69, 9.17) is 9.47 Å². The van der Waals surface area contributed by atoms with Crippen molar-refractivity contribution >= 4 is 5.91 Å². The van der Waals surface area contributed by atoms with Crippen molar-refractivity contribution in [2.75, 3.05) is 26.3 Å². The molecular formula is C26H29F3N2O4. The number of hydrogen-bond acceptors (Lipinski definition) is 5. The van der Waals surface area contributed by atoms with Crippen LogP contribution in [0.5, 0.6) is 11.5 Å². The van der Waals surface area contributed by atoms with Gasteiger partial charge in [0, 0.05) is 18.4 Å². The quantitative estimate of drug-likeness (QED) is 0.581.